The number of hydrogen-bond donors (Lipinski definition) is 2. The zero-order valence-electron chi connectivity index (χ0n) is 12.9. The van der Waals surface area contributed by atoms with Gasteiger partial charge in [-0.05, 0) is 25.1 Å². The number of ether oxygens (including phenoxy) is 1. The van der Waals surface area contributed by atoms with Crippen molar-refractivity contribution in [1.82, 2.24) is 4.98 Å². The molecule has 1 aromatic heterocycles. The van der Waals surface area contributed by atoms with Crippen LogP contribution in [0.25, 0.3) is 22.2 Å². The lowest BCUT2D eigenvalue weighted by Crippen LogP contribution is -2.14. The molecule has 0 atom stereocenters. The Labute approximate surface area is 137 Å². The third kappa shape index (κ3) is 2.99. The van der Waals surface area contributed by atoms with E-state index in [1.807, 2.05) is 0 Å². The average molecular weight is 326 g/mol. The number of H-pyrrole nitrogens is 1. The predicted octanol–water partition coefficient (Wildman–Crippen LogP) is 3.90. The Hall–Kier alpha value is -3.15. The Balaban J connectivity index is 2.13. The van der Waals surface area contributed by atoms with Crippen LogP contribution in [0.1, 0.15) is 6.92 Å². The first kappa shape index (κ1) is 15.7. The molecule has 1 amide bonds. The van der Waals surface area contributed by atoms with Gasteiger partial charge in [-0.1, -0.05) is 24.3 Å². The highest BCUT2D eigenvalue weighted by atomic mass is 19.1. The molecule has 0 unspecified atom stereocenters. The molecular formula is C18H15FN2O3. The smallest absolute Gasteiger partial charge is 0.411 e. The van der Waals surface area contributed by atoms with E-state index < -0.39 is 11.9 Å². The number of aromatic nitrogens is 1. The monoisotopic (exact) mass is 326 g/mol. The number of rotatable bonds is 3. The van der Waals surface area contributed by atoms with E-state index in [-0.39, 0.29) is 22.9 Å². The van der Waals surface area contributed by atoms with Crippen molar-refractivity contribution in [3.63, 3.8) is 0 Å². The van der Waals surface area contributed by atoms with E-state index in [9.17, 15) is 14.0 Å². The molecule has 0 fully saturated rings. The van der Waals surface area contributed by atoms with E-state index in [2.05, 4.69) is 10.3 Å². The second-order valence-electron chi connectivity index (χ2n) is 5.10. The Morgan fingerprint density at radius 1 is 1.21 bits per heavy atom. The molecule has 122 valence electrons. The highest BCUT2D eigenvalue weighted by Gasteiger charge is 2.12. The predicted molar refractivity (Wildman–Crippen MR) is 90.6 cm³/mol. The van der Waals surface area contributed by atoms with E-state index in [4.69, 9.17) is 4.74 Å². The molecule has 2 N–H and O–H groups in total. The van der Waals surface area contributed by atoms with Gasteiger partial charge in [-0.25, -0.2) is 9.18 Å². The second kappa shape index (κ2) is 6.54. The normalized spacial score (nSPS) is 10.6. The van der Waals surface area contributed by atoms with Gasteiger partial charge in [-0.15, -0.1) is 0 Å². The molecule has 6 heteroatoms. The maximum Gasteiger partial charge on any atom is 0.411 e. The molecule has 3 aromatic rings. The molecule has 1 heterocycles. The number of fused-ring (bicyclic) bond motifs is 1. The number of amides is 1. The van der Waals surface area contributed by atoms with Crippen molar-refractivity contribution in [3.8, 4) is 11.3 Å². The standard InChI is InChI=1S/C18H15FN2O3/c1-2-24-18(23)21-14-9-4-3-6-11(14)15-10-16(22)12-7-5-8-13(19)17(12)20-15/h3-10H,2H2,1H3,(H,20,22)(H,21,23). The lowest BCUT2D eigenvalue weighted by atomic mass is 10.1. The summed E-state index contributed by atoms with van der Waals surface area (Å²) in [5, 5.41) is 2.89. The first-order chi connectivity index (χ1) is 11.6. The number of carbonyl (C=O) groups is 1. The van der Waals surface area contributed by atoms with Gasteiger partial charge in [0.2, 0.25) is 0 Å². The van der Waals surface area contributed by atoms with Crippen molar-refractivity contribution >= 4 is 22.7 Å². The lowest BCUT2D eigenvalue weighted by Gasteiger charge is -2.12. The number of anilines is 1. The average Bonchev–Trinajstić information content (AvgIpc) is 2.56. The third-order valence-electron chi connectivity index (χ3n) is 3.54. The highest BCUT2D eigenvalue weighted by molar-refractivity contribution is 5.92. The van der Waals surface area contributed by atoms with Gasteiger partial charge in [0.15, 0.2) is 5.43 Å². The zero-order chi connectivity index (χ0) is 17.1. The minimum Gasteiger partial charge on any atom is -0.450 e. The van der Waals surface area contributed by atoms with E-state index in [1.165, 1.54) is 18.2 Å². The summed E-state index contributed by atoms with van der Waals surface area (Å²) in [6.07, 6.45) is -0.598. The van der Waals surface area contributed by atoms with Crippen LogP contribution in [0.5, 0.6) is 0 Å². The first-order valence-electron chi connectivity index (χ1n) is 7.45. The molecule has 24 heavy (non-hydrogen) atoms. The van der Waals surface area contributed by atoms with Gasteiger partial charge < -0.3 is 9.72 Å². The summed E-state index contributed by atoms with van der Waals surface area (Å²) in [7, 11) is 0. The molecule has 2 aromatic carbocycles. The van der Waals surface area contributed by atoms with Crippen LogP contribution in [0.4, 0.5) is 14.9 Å². The summed E-state index contributed by atoms with van der Waals surface area (Å²) in [4.78, 5) is 26.9. The molecule has 0 aliphatic carbocycles. The van der Waals surface area contributed by atoms with Crippen molar-refractivity contribution in [1.29, 1.82) is 0 Å². The van der Waals surface area contributed by atoms with Crippen LogP contribution in [0.2, 0.25) is 0 Å². The van der Waals surface area contributed by atoms with Crippen LogP contribution in [0.15, 0.2) is 53.3 Å². The lowest BCUT2D eigenvalue weighted by molar-refractivity contribution is 0.168. The number of carbonyl (C=O) groups excluding carboxylic acids is 1. The van der Waals surface area contributed by atoms with Crippen LogP contribution in [-0.2, 0) is 4.74 Å². The number of pyridine rings is 1. The van der Waals surface area contributed by atoms with Crippen molar-refractivity contribution in [2.24, 2.45) is 0 Å². The number of para-hydroxylation sites is 2. The van der Waals surface area contributed by atoms with Crippen LogP contribution in [0.3, 0.4) is 0 Å². The minimum atomic E-state index is -0.598. The summed E-state index contributed by atoms with van der Waals surface area (Å²) in [5.41, 5.74) is 1.26. The Bertz CT molecular complexity index is 966. The molecule has 0 saturated carbocycles. The van der Waals surface area contributed by atoms with Crippen LogP contribution in [0, 0.1) is 5.82 Å². The van der Waals surface area contributed by atoms with Crippen molar-refractivity contribution < 1.29 is 13.9 Å². The highest BCUT2D eigenvalue weighted by Crippen LogP contribution is 2.27. The fraction of sp³-hybridized carbons (Fsp3) is 0.111. The van der Waals surface area contributed by atoms with Gasteiger partial charge in [-0.3, -0.25) is 10.1 Å². The minimum absolute atomic E-state index is 0.130. The molecule has 5 nitrogen and oxygen atoms in total. The quantitative estimate of drug-likeness (QED) is 0.767. The van der Waals surface area contributed by atoms with Crippen molar-refractivity contribution in [3.05, 3.63) is 64.6 Å². The first-order valence-corrected chi connectivity index (χ1v) is 7.45. The molecule has 0 saturated heterocycles. The molecule has 3 rings (SSSR count). The molecule has 0 aliphatic heterocycles. The Morgan fingerprint density at radius 3 is 2.79 bits per heavy atom. The van der Waals surface area contributed by atoms with E-state index in [0.717, 1.165) is 0 Å². The third-order valence-corrected chi connectivity index (χ3v) is 3.54. The zero-order valence-corrected chi connectivity index (χ0v) is 12.9. The number of benzene rings is 2. The largest absolute Gasteiger partial charge is 0.450 e. The van der Waals surface area contributed by atoms with Crippen molar-refractivity contribution in [2.75, 3.05) is 11.9 Å². The topological polar surface area (TPSA) is 71.2 Å². The molecule has 0 aliphatic rings. The van der Waals surface area contributed by atoms with E-state index in [0.29, 0.717) is 16.9 Å². The van der Waals surface area contributed by atoms with Crippen LogP contribution >= 0.6 is 0 Å². The summed E-state index contributed by atoms with van der Waals surface area (Å²) in [6, 6.07) is 12.6. The van der Waals surface area contributed by atoms with Crippen LogP contribution < -0.4 is 10.7 Å². The number of aromatic amines is 1. The number of halogens is 1. The fourth-order valence-electron chi connectivity index (χ4n) is 2.49. The molecule has 0 spiro atoms. The van der Waals surface area contributed by atoms with Gasteiger partial charge in [0, 0.05) is 17.0 Å². The summed E-state index contributed by atoms with van der Waals surface area (Å²) in [5.74, 6) is -0.512. The van der Waals surface area contributed by atoms with Gasteiger partial charge in [-0.2, -0.15) is 0 Å². The summed E-state index contributed by atoms with van der Waals surface area (Å²) >= 11 is 0. The summed E-state index contributed by atoms with van der Waals surface area (Å²) in [6.45, 7) is 1.95. The Kier molecular flexibility index (Phi) is 4.29. The van der Waals surface area contributed by atoms with E-state index in [1.54, 1.807) is 37.3 Å². The van der Waals surface area contributed by atoms with Gasteiger partial charge >= 0.3 is 6.09 Å². The number of nitrogens with one attached hydrogen (secondary N) is 2. The summed E-state index contributed by atoms with van der Waals surface area (Å²) < 4.78 is 18.9. The Morgan fingerprint density at radius 2 is 2.00 bits per heavy atom. The maximum atomic E-state index is 14.0. The SMILES string of the molecule is CCOC(=O)Nc1ccccc1-c1cc(=O)c2cccc(F)c2[nH]1. The maximum absolute atomic E-state index is 14.0. The molecule has 0 radical (unpaired) electrons. The molecular weight excluding hydrogens is 311 g/mol. The van der Waals surface area contributed by atoms with Gasteiger partial charge in [0.25, 0.3) is 0 Å². The van der Waals surface area contributed by atoms with E-state index >= 15 is 0 Å². The molecule has 0 bridgehead atoms. The van der Waals surface area contributed by atoms with Crippen LogP contribution in [-0.4, -0.2) is 17.7 Å². The fourth-order valence-corrected chi connectivity index (χ4v) is 2.49. The van der Waals surface area contributed by atoms with Gasteiger partial charge in [0.05, 0.1) is 23.5 Å². The number of hydrogen-bond acceptors (Lipinski definition) is 3. The second-order valence-corrected chi connectivity index (χ2v) is 5.10. The van der Waals surface area contributed by atoms with Gasteiger partial charge in [0.1, 0.15) is 5.82 Å². The van der Waals surface area contributed by atoms with Crippen molar-refractivity contribution in [2.45, 2.75) is 6.92 Å².